The first-order valence-corrected chi connectivity index (χ1v) is 10.8. The van der Waals surface area contributed by atoms with Crippen LogP contribution in [-0.2, 0) is 9.47 Å². The van der Waals surface area contributed by atoms with E-state index in [0.717, 1.165) is 12.8 Å². The summed E-state index contributed by atoms with van der Waals surface area (Å²) in [6, 6.07) is 8.91. The molecule has 3 heterocycles. The zero-order valence-electron chi connectivity index (χ0n) is 17.4. The number of esters is 1. The van der Waals surface area contributed by atoms with E-state index in [1.54, 1.807) is 34.9 Å². The number of hydrogen-bond donors (Lipinski definition) is 3. The second-order valence-corrected chi connectivity index (χ2v) is 8.18. The number of anilines is 1. The van der Waals surface area contributed by atoms with E-state index in [1.807, 2.05) is 0 Å². The highest BCUT2D eigenvalue weighted by atomic mass is 16.6. The number of carbonyl (C=O) groups is 1. The van der Waals surface area contributed by atoms with Crippen LogP contribution < -0.4 is 5.32 Å². The number of carbonyl (C=O) groups excluding carboxylic acids is 1. The van der Waals surface area contributed by atoms with Gasteiger partial charge in [-0.2, -0.15) is 0 Å². The van der Waals surface area contributed by atoms with Crippen molar-refractivity contribution in [3.05, 3.63) is 48.5 Å². The van der Waals surface area contributed by atoms with Crippen LogP contribution in [0.25, 0.3) is 11.2 Å². The molecule has 0 amide bonds. The van der Waals surface area contributed by atoms with Gasteiger partial charge in [0.2, 0.25) is 0 Å². The van der Waals surface area contributed by atoms with Crippen molar-refractivity contribution in [3.8, 4) is 0 Å². The molecule has 1 unspecified atom stereocenters. The van der Waals surface area contributed by atoms with Crippen LogP contribution in [0.4, 0.5) is 5.82 Å². The van der Waals surface area contributed by atoms with Gasteiger partial charge < -0.3 is 25.0 Å². The van der Waals surface area contributed by atoms with Crippen molar-refractivity contribution in [2.24, 2.45) is 0 Å². The van der Waals surface area contributed by atoms with Gasteiger partial charge in [0, 0.05) is 6.04 Å². The second kappa shape index (κ2) is 8.81. The molecule has 3 aromatic rings. The van der Waals surface area contributed by atoms with E-state index in [1.165, 1.54) is 25.5 Å². The maximum absolute atomic E-state index is 12.2. The predicted molar refractivity (Wildman–Crippen MR) is 114 cm³/mol. The molecule has 2 aliphatic rings. The summed E-state index contributed by atoms with van der Waals surface area (Å²) in [5, 5.41) is 24.5. The minimum absolute atomic E-state index is 0.196. The van der Waals surface area contributed by atoms with Gasteiger partial charge in [0.1, 0.15) is 31.2 Å². The topological polar surface area (TPSA) is 132 Å². The number of hydrogen-bond acceptors (Lipinski definition) is 9. The molecule has 0 bridgehead atoms. The van der Waals surface area contributed by atoms with Crippen molar-refractivity contribution < 1.29 is 24.5 Å². The number of fused-ring (bicyclic) bond motifs is 1. The number of aliphatic hydroxyl groups excluding tert-OH is 2. The normalized spacial score (nSPS) is 25.9. The highest BCUT2D eigenvalue weighted by Crippen LogP contribution is 2.33. The van der Waals surface area contributed by atoms with E-state index in [0.29, 0.717) is 28.6 Å². The first kappa shape index (κ1) is 20.8. The molecule has 0 radical (unpaired) electrons. The number of nitrogens with one attached hydrogen (secondary N) is 1. The molecule has 2 fully saturated rings. The maximum Gasteiger partial charge on any atom is 0.338 e. The van der Waals surface area contributed by atoms with E-state index in [4.69, 9.17) is 9.47 Å². The van der Waals surface area contributed by atoms with Crippen LogP contribution in [0, 0.1) is 0 Å². The molecule has 32 heavy (non-hydrogen) atoms. The van der Waals surface area contributed by atoms with Crippen LogP contribution in [0.3, 0.4) is 0 Å². The first-order chi connectivity index (χ1) is 15.6. The Morgan fingerprint density at radius 2 is 1.91 bits per heavy atom. The van der Waals surface area contributed by atoms with Crippen LogP contribution in [0.5, 0.6) is 0 Å². The Labute approximate surface area is 184 Å². The number of nitrogens with zero attached hydrogens (tertiary/aromatic N) is 4. The van der Waals surface area contributed by atoms with Crippen LogP contribution >= 0.6 is 0 Å². The molecule has 1 aliphatic carbocycles. The lowest BCUT2D eigenvalue weighted by Crippen LogP contribution is -2.34. The van der Waals surface area contributed by atoms with Gasteiger partial charge in [-0.05, 0) is 25.0 Å². The Morgan fingerprint density at radius 3 is 2.69 bits per heavy atom. The molecule has 10 nitrogen and oxygen atoms in total. The highest BCUT2D eigenvalue weighted by molar-refractivity contribution is 5.89. The molecule has 5 rings (SSSR count). The van der Waals surface area contributed by atoms with Crippen molar-refractivity contribution in [1.29, 1.82) is 0 Å². The van der Waals surface area contributed by atoms with Crippen molar-refractivity contribution in [1.82, 2.24) is 19.5 Å². The molecule has 1 saturated heterocycles. The smallest absolute Gasteiger partial charge is 0.338 e. The lowest BCUT2D eigenvalue weighted by Gasteiger charge is -2.17. The van der Waals surface area contributed by atoms with Crippen LogP contribution in [0.2, 0.25) is 0 Å². The minimum atomic E-state index is -1.24. The fourth-order valence-corrected chi connectivity index (χ4v) is 4.32. The summed E-state index contributed by atoms with van der Waals surface area (Å²) in [6.45, 7) is -0.196. The summed E-state index contributed by atoms with van der Waals surface area (Å²) in [5.74, 6) is 0.116. The van der Waals surface area contributed by atoms with Gasteiger partial charge in [0.15, 0.2) is 23.2 Å². The summed E-state index contributed by atoms with van der Waals surface area (Å²) < 4.78 is 12.7. The minimum Gasteiger partial charge on any atom is -0.459 e. The molecule has 10 heteroatoms. The highest BCUT2D eigenvalue weighted by Gasteiger charge is 2.45. The molecular weight excluding hydrogens is 414 g/mol. The molecule has 168 valence electrons. The van der Waals surface area contributed by atoms with Gasteiger partial charge in [-0.1, -0.05) is 31.0 Å². The van der Waals surface area contributed by atoms with Gasteiger partial charge >= 0.3 is 5.97 Å². The fourth-order valence-electron chi connectivity index (χ4n) is 4.32. The van der Waals surface area contributed by atoms with Crippen molar-refractivity contribution in [2.75, 3.05) is 11.9 Å². The Hall–Kier alpha value is -3.08. The molecule has 0 spiro atoms. The average molecular weight is 439 g/mol. The fraction of sp³-hybridized carbons (Fsp3) is 0.455. The molecule has 4 atom stereocenters. The Morgan fingerprint density at radius 1 is 1.12 bits per heavy atom. The summed E-state index contributed by atoms with van der Waals surface area (Å²) in [4.78, 5) is 25.3. The number of aromatic nitrogens is 4. The van der Waals surface area contributed by atoms with Gasteiger partial charge in [-0.15, -0.1) is 0 Å². The second-order valence-electron chi connectivity index (χ2n) is 8.18. The molecule has 3 N–H and O–H groups in total. The summed E-state index contributed by atoms with van der Waals surface area (Å²) >= 11 is 0. The van der Waals surface area contributed by atoms with Crippen molar-refractivity contribution >= 4 is 23.0 Å². The Kier molecular flexibility index (Phi) is 5.73. The van der Waals surface area contributed by atoms with E-state index in [-0.39, 0.29) is 6.61 Å². The summed E-state index contributed by atoms with van der Waals surface area (Å²) in [6.07, 6.45) is 3.22. The molecular formula is C22H25N5O5. The quantitative estimate of drug-likeness (QED) is 0.491. The van der Waals surface area contributed by atoms with E-state index < -0.39 is 30.5 Å². The summed E-state index contributed by atoms with van der Waals surface area (Å²) in [5.41, 5.74) is 1.46. The Balaban J connectivity index is 1.31. The number of benzene rings is 1. The van der Waals surface area contributed by atoms with Gasteiger partial charge in [-0.3, -0.25) is 4.57 Å². The van der Waals surface area contributed by atoms with Crippen molar-refractivity contribution in [2.45, 2.75) is 56.3 Å². The van der Waals surface area contributed by atoms with E-state index >= 15 is 0 Å². The number of rotatable bonds is 6. The number of imidazole rings is 1. The third-order valence-corrected chi connectivity index (χ3v) is 6.05. The third-order valence-electron chi connectivity index (χ3n) is 6.05. The standard InChI is InChI=1S/C22H25N5O5/c28-17-15(10-31-22(30)13-6-2-1-3-7-13)32-21(18(17)29)27-12-25-16-19(23-11-24-20(16)27)26-14-8-4-5-9-14/h1-3,6-7,11-12,14-15,17-18,21,28-29H,4-5,8-10H2,(H,23,24,26)/t15-,17-,18-,21?/m1/s1. The van der Waals surface area contributed by atoms with Crippen LogP contribution in [0.15, 0.2) is 43.0 Å². The van der Waals surface area contributed by atoms with Crippen LogP contribution in [-0.4, -0.2) is 66.7 Å². The van der Waals surface area contributed by atoms with Crippen molar-refractivity contribution in [3.63, 3.8) is 0 Å². The van der Waals surface area contributed by atoms with Gasteiger partial charge in [0.05, 0.1) is 11.9 Å². The van der Waals surface area contributed by atoms with Gasteiger partial charge in [0.25, 0.3) is 0 Å². The molecule has 1 aliphatic heterocycles. The number of ether oxygens (including phenoxy) is 2. The molecule has 2 aromatic heterocycles. The lowest BCUT2D eigenvalue weighted by atomic mass is 10.1. The predicted octanol–water partition coefficient (Wildman–Crippen LogP) is 1.66. The average Bonchev–Trinajstić information content (AvgIpc) is 3.54. The molecule has 1 saturated carbocycles. The van der Waals surface area contributed by atoms with Crippen LogP contribution in [0.1, 0.15) is 42.3 Å². The van der Waals surface area contributed by atoms with E-state index in [9.17, 15) is 15.0 Å². The van der Waals surface area contributed by atoms with E-state index in [2.05, 4.69) is 20.3 Å². The maximum atomic E-state index is 12.2. The Bertz CT molecular complexity index is 1080. The zero-order valence-corrected chi connectivity index (χ0v) is 17.4. The van der Waals surface area contributed by atoms with Gasteiger partial charge in [-0.25, -0.2) is 19.7 Å². The zero-order chi connectivity index (χ0) is 22.1. The number of aliphatic hydroxyl groups is 2. The SMILES string of the molecule is O=C(OC[C@H]1OC(n2cnc3c(NC4CCCC4)ncnc32)[C@H](O)[C@@H]1O)c1ccccc1. The lowest BCUT2D eigenvalue weighted by molar-refractivity contribution is -0.0565. The first-order valence-electron chi connectivity index (χ1n) is 10.8. The molecule has 1 aromatic carbocycles. The third kappa shape index (κ3) is 3.92. The largest absolute Gasteiger partial charge is 0.459 e. The monoisotopic (exact) mass is 439 g/mol. The summed E-state index contributed by atoms with van der Waals surface area (Å²) in [7, 11) is 0.